The van der Waals surface area contributed by atoms with Gasteiger partial charge in [0.1, 0.15) is 12.7 Å². The van der Waals surface area contributed by atoms with Crippen molar-refractivity contribution in [3.05, 3.63) is 42.0 Å². The van der Waals surface area contributed by atoms with Gasteiger partial charge in [0.2, 0.25) is 5.91 Å². The lowest BCUT2D eigenvalue weighted by atomic mass is 9.98. The zero-order valence-electron chi connectivity index (χ0n) is 15.7. The summed E-state index contributed by atoms with van der Waals surface area (Å²) < 4.78 is 1.68. The Morgan fingerprint density at radius 3 is 2.63 bits per heavy atom. The molecule has 2 saturated heterocycles. The largest absolute Gasteiger partial charge is 0.340 e. The van der Waals surface area contributed by atoms with Crippen LogP contribution < -0.4 is 0 Å². The Labute approximate surface area is 159 Å². The molecule has 3 heterocycles. The summed E-state index contributed by atoms with van der Waals surface area (Å²) in [7, 11) is 0. The van der Waals surface area contributed by atoms with Gasteiger partial charge in [0.25, 0.3) is 5.91 Å². The molecule has 142 valence electrons. The molecule has 2 aliphatic heterocycles. The van der Waals surface area contributed by atoms with E-state index < -0.39 is 0 Å². The highest BCUT2D eigenvalue weighted by Gasteiger charge is 2.31. The molecule has 0 radical (unpaired) electrons. The molecule has 0 unspecified atom stereocenters. The summed E-state index contributed by atoms with van der Waals surface area (Å²) in [5, 5.41) is 4.13. The number of carbonyl (C=O) groups excluding carboxylic acids is 2. The van der Waals surface area contributed by atoms with Crippen molar-refractivity contribution in [3.63, 3.8) is 0 Å². The zero-order valence-corrected chi connectivity index (χ0v) is 15.7. The minimum Gasteiger partial charge on any atom is -0.340 e. The predicted molar refractivity (Wildman–Crippen MR) is 101 cm³/mol. The molecule has 7 nitrogen and oxygen atoms in total. The van der Waals surface area contributed by atoms with Crippen LogP contribution in [0.4, 0.5) is 0 Å². The monoisotopic (exact) mass is 367 g/mol. The first-order chi connectivity index (χ1) is 13.1. The van der Waals surface area contributed by atoms with Crippen molar-refractivity contribution in [1.29, 1.82) is 0 Å². The average Bonchev–Trinajstić information content (AvgIpc) is 3.23. The maximum Gasteiger partial charge on any atom is 0.254 e. The van der Waals surface area contributed by atoms with E-state index in [9.17, 15) is 9.59 Å². The van der Waals surface area contributed by atoms with Gasteiger partial charge in [0.05, 0.1) is 5.69 Å². The quantitative estimate of drug-likeness (QED) is 0.834. The van der Waals surface area contributed by atoms with Crippen LogP contribution in [0.1, 0.15) is 48.0 Å². The highest BCUT2D eigenvalue weighted by molar-refractivity contribution is 5.96. The molecule has 7 heteroatoms. The number of nitrogens with zero attached hydrogens (tertiary/aromatic N) is 5. The van der Waals surface area contributed by atoms with Gasteiger partial charge in [-0.3, -0.25) is 9.59 Å². The second-order valence-corrected chi connectivity index (χ2v) is 7.41. The van der Waals surface area contributed by atoms with E-state index in [2.05, 4.69) is 10.1 Å². The van der Waals surface area contributed by atoms with Gasteiger partial charge in [0, 0.05) is 37.7 Å². The van der Waals surface area contributed by atoms with Crippen molar-refractivity contribution in [2.45, 2.75) is 45.1 Å². The van der Waals surface area contributed by atoms with Crippen molar-refractivity contribution in [1.82, 2.24) is 24.6 Å². The van der Waals surface area contributed by atoms with Gasteiger partial charge in [0.15, 0.2) is 0 Å². The standard InChI is InChI=1S/C20H25N5O2/c1-15-12-17(25-14-21-13-22-25)5-6-18(15)20(27)23-10-7-16(8-11-23)24-9-3-2-4-19(24)26/h5-6,12-14,16H,2-4,7-11H2,1H3. The van der Waals surface area contributed by atoms with Crippen molar-refractivity contribution >= 4 is 11.8 Å². The van der Waals surface area contributed by atoms with Crippen LogP contribution in [-0.4, -0.2) is 62.1 Å². The van der Waals surface area contributed by atoms with E-state index in [1.807, 2.05) is 34.9 Å². The number of benzene rings is 1. The number of hydrogen-bond donors (Lipinski definition) is 0. The number of hydrogen-bond acceptors (Lipinski definition) is 4. The third-order valence-electron chi connectivity index (χ3n) is 5.68. The molecule has 0 saturated carbocycles. The van der Waals surface area contributed by atoms with Gasteiger partial charge in [-0.05, 0) is 56.4 Å². The van der Waals surface area contributed by atoms with Crippen LogP contribution in [0.5, 0.6) is 0 Å². The van der Waals surface area contributed by atoms with Crippen molar-refractivity contribution in [2.24, 2.45) is 0 Å². The molecule has 1 aromatic carbocycles. The van der Waals surface area contributed by atoms with E-state index in [4.69, 9.17) is 0 Å². The molecule has 0 N–H and O–H groups in total. The Morgan fingerprint density at radius 2 is 1.96 bits per heavy atom. The summed E-state index contributed by atoms with van der Waals surface area (Å²) >= 11 is 0. The summed E-state index contributed by atoms with van der Waals surface area (Å²) in [5.74, 6) is 0.353. The minimum atomic E-state index is 0.0704. The number of amides is 2. The summed E-state index contributed by atoms with van der Waals surface area (Å²) in [6.45, 7) is 4.24. The Morgan fingerprint density at radius 1 is 1.15 bits per heavy atom. The van der Waals surface area contributed by atoms with Crippen LogP contribution in [0, 0.1) is 6.92 Å². The molecular formula is C20H25N5O2. The maximum absolute atomic E-state index is 13.0. The van der Waals surface area contributed by atoms with Crippen molar-refractivity contribution in [3.8, 4) is 5.69 Å². The Balaban J connectivity index is 1.41. The van der Waals surface area contributed by atoms with Crippen molar-refractivity contribution in [2.75, 3.05) is 19.6 Å². The fraction of sp³-hybridized carbons (Fsp3) is 0.500. The van der Waals surface area contributed by atoms with Crippen LogP contribution in [0.2, 0.25) is 0 Å². The zero-order chi connectivity index (χ0) is 18.8. The van der Waals surface area contributed by atoms with E-state index in [-0.39, 0.29) is 17.9 Å². The molecule has 0 atom stereocenters. The van der Waals surface area contributed by atoms with Crippen molar-refractivity contribution < 1.29 is 9.59 Å². The normalized spacial score (nSPS) is 18.8. The van der Waals surface area contributed by atoms with Crippen LogP contribution in [0.25, 0.3) is 5.69 Å². The Hall–Kier alpha value is -2.70. The molecule has 0 spiro atoms. The third-order valence-corrected chi connectivity index (χ3v) is 5.68. The number of aromatic nitrogens is 3. The van der Waals surface area contributed by atoms with E-state index in [0.29, 0.717) is 19.5 Å². The molecule has 2 amide bonds. The SMILES string of the molecule is Cc1cc(-n2cncn2)ccc1C(=O)N1CCC(N2CCCCC2=O)CC1. The van der Waals surface area contributed by atoms with E-state index in [0.717, 1.165) is 49.0 Å². The summed E-state index contributed by atoms with van der Waals surface area (Å²) in [5.41, 5.74) is 2.55. The Kier molecular flexibility index (Phi) is 4.92. The average molecular weight is 367 g/mol. The smallest absolute Gasteiger partial charge is 0.254 e. The van der Waals surface area contributed by atoms with Crippen LogP contribution in [0.3, 0.4) is 0 Å². The fourth-order valence-corrected chi connectivity index (χ4v) is 4.14. The highest BCUT2D eigenvalue weighted by Crippen LogP contribution is 2.24. The first-order valence-corrected chi connectivity index (χ1v) is 9.68. The van der Waals surface area contributed by atoms with E-state index in [1.165, 1.54) is 6.33 Å². The topological polar surface area (TPSA) is 71.3 Å². The number of likely N-dealkylation sites (tertiary alicyclic amines) is 2. The van der Waals surface area contributed by atoms with E-state index in [1.54, 1.807) is 11.0 Å². The van der Waals surface area contributed by atoms with Crippen LogP contribution in [0.15, 0.2) is 30.9 Å². The molecule has 27 heavy (non-hydrogen) atoms. The first-order valence-electron chi connectivity index (χ1n) is 9.68. The van der Waals surface area contributed by atoms with Gasteiger partial charge in [-0.1, -0.05) is 0 Å². The molecule has 2 aliphatic rings. The van der Waals surface area contributed by atoms with Gasteiger partial charge >= 0.3 is 0 Å². The minimum absolute atomic E-state index is 0.0704. The first kappa shape index (κ1) is 17.7. The third kappa shape index (κ3) is 3.59. The summed E-state index contributed by atoms with van der Waals surface area (Å²) in [6.07, 6.45) is 7.66. The molecular weight excluding hydrogens is 342 g/mol. The van der Waals surface area contributed by atoms with Crippen LogP contribution >= 0.6 is 0 Å². The fourth-order valence-electron chi connectivity index (χ4n) is 4.14. The summed E-state index contributed by atoms with van der Waals surface area (Å²) in [4.78, 5) is 33.0. The van der Waals surface area contributed by atoms with Crippen LogP contribution in [-0.2, 0) is 4.79 Å². The lowest BCUT2D eigenvalue weighted by Gasteiger charge is -2.40. The van der Waals surface area contributed by atoms with Gasteiger partial charge in [-0.15, -0.1) is 0 Å². The lowest BCUT2D eigenvalue weighted by Crippen LogP contribution is -2.50. The predicted octanol–water partition coefficient (Wildman–Crippen LogP) is 2.19. The molecule has 1 aromatic heterocycles. The maximum atomic E-state index is 13.0. The number of carbonyl (C=O) groups is 2. The van der Waals surface area contributed by atoms with Gasteiger partial charge in [-0.25, -0.2) is 9.67 Å². The molecule has 0 aliphatic carbocycles. The van der Waals surface area contributed by atoms with Gasteiger partial charge < -0.3 is 9.80 Å². The summed E-state index contributed by atoms with van der Waals surface area (Å²) in [6, 6.07) is 6.02. The number of rotatable bonds is 3. The second kappa shape index (κ2) is 7.50. The number of piperidine rings is 2. The molecule has 0 bridgehead atoms. The van der Waals surface area contributed by atoms with E-state index >= 15 is 0 Å². The lowest BCUT2D eigenvalue weighted by molar-refractivity contribution is -0.136. The molecule has 2 aromatic rings. The highest BCUT2D eigenvalue weighted by atomic mass is 16.2. The molecule has 2 fully saturated rings. The second-order valence-electron chi connectivity index (χ2n) is 7.41. The molecule has 4 rings (SSSR count). The number of aryl methyl sites for hydroxylation is 1. The Bertz CT molecular complexity index is 825. The van der Waals surface area contributed by atoms with Gasteiger partial charge in [-0.2, -0.15) is 5.10 Å².